The number of carbonyl (C=O) groups excluding carboxylic acids is 1. The van der Waals surface area contributed by atoms with Crippen molar-refractivity contribution in [1.29, 1.82) is 0 Å². The molecule has 1 atom stereocenters. The van der Waals surface area contributed by atoms with Gasteiger partial charge in [-0.15, -0.1) is 0 Å². The molecule has 0 radical (unpaired) electrons. The maximum atomic E-state index is 9.67. The zero-order chi connectivity index (χ0) is 6.41. The molecule has 0 aromatic carbocycles. The van der Waals surface area contributed by atoms with Crippen molar-refractivity contribution in [3.63, 3.8) is 0 Å². The third-order valence-electron chi connectivity index (χ3n) is 0.475. The first kappa shape index (κ1) is 7.88. The Morgan fingerprint density at radius 3 is 2.88 bits per heavy atom. The van der Waals surface area contributed by atoms with E-state index in [1.54, 1.807) is 0 Å². The molecule has 8 heavy (non-hydrogen) atoms. The first-order valence-electron chi connectivity index (χ1n) is 2.13. The van der Waals surface area contributed by atoms with Crippen molar-refractivity contribution in [1.82, 2.24) is 0 Å². The molecule has 0 aromatic rings. The first-order chi connectivity index (χ1) is 3.81. The second kappa shape index (κ2) is 5.03. The van der Waals surface area contributed by atoms with Crippen LogP contribution in [0.4, 0.5) is 0 Å². The molecule has 3 nitrogen and oxygen atoms in total. The van der Waals surface area contributed by atoms with Gasteiger partial charge in [0.05, 0.1) is 13.2 Å². The van der Waals surface area contributed by atoms with E-state index in [1.807, 2.05) is 0 Å². The van der Waals surface area contributed by atoms with Gasteiger partial charge in [-0.05, 0) is 0 Å². The minimum atomic E-state index is -0.915. The quantitative estimate of drug-likeness (QED) is 0.431. The minimum absolute atomic E-state index is 0.104. The largest absolute Gasteiger partial charge is 0.394 e. The summed E-state index contributed by atoms with van der Waals surface area (Å²) in [5.41, 5.74) is -0.915. The Hall–Kier alpha value is -0.120. The summed E-state index contributed by atoms with van der Waals surface area (Å²) >= 11 is 5.14. The van der Waals surface area contributed by atoms with Crippen LogP contribution in [0.1, 0.15) is 0 Å². The Kier molecular flexibility index (Phi) is 4.95. The summed E-state index contributed by atoms with van der Waals surface area (Å²) in [7, 11) is 0. The van der Waals surface area contributed by atoms with Crippen LogP contribution in [-0.2, 0) is 9.53 Å². The SMILES string of the molecule is O=CC(Cl)OCCO. The molecule has 1 N–H and O–H groups in total. The highest BCUT2D eigenvalue weighted by Crippen LogP contribution is 1.91. The van der Waals surface area contributed by atoms with E-state index in [2.05, 4.69) is 4.74 Å². The van der Waals surface area contributed by atoms with Crippen LogP contribution in [0.25, 0.3) is 0 Å². The molecule has 0 saturated carbocycles. The van der Waals surface area contributed by atoms with Gasteiger partial charge in [-0.3, -0.25) is 4.79 Å². The van der Waals surface area contributed by atoms with Crippen molar-refractivity contribution in [2.24, 2.45) is 0 Å². The van der Waals surface area contributed by atoms with Gasteiger partial charge in [0.2, 0.25) is 0 Å². The van der Waals surface area contributed by atoms with E-state index in [0.29, 0.717) is 6.29 Å². The number of aliphatic hydroxyl groups is 1. The van der Waals surface area contributed by atoms with Gasteiger partial charge in [-0.25, -0.2) is 0 Å². The summed E-state index contributed by atoms with van der Waals surface area (Å²) in [6.07, 6.45) is 0.456. The van der Waals surface area contributed by atoms with E-state index < -0.39 is 5.56 Å². The highest BCUT2D eigenvalue weighted by atomic mass is 35.5. The van der Waals surface area contributed by atoms with Gasteiger partial charge in [0.25, 0.3) is 0 Å². The van der Waals surface area contributed by atoms with E-state index in [-0.39, 0.29) is 13.2 Å². The van der Waals surface area contributed by atoms with Crippen molar-refractivity contribution in [2.45, 2.75) is 5.56 Å². The zero-order valence-electron chi connectivity index (χ0n) is 4.21. The van der Waals surface area contributed by atoms with Crippen LogP contribution in [0.15, 0.2) is 0 Å². The lowest BCUT2D eigenvalue weighted by atomic mass is 10.7. The van der Waals surface area contributed by atoms with Crippen molar-refractivity contribution in [2.75, 3.05) is 13.2 Å². The molecule has 1 unspecified atom stereocenters. The van der Waals surface area contributed by atoms with Gasteiger partial charge in [-0.1, -0.05) is 11.6 Å². The van der Waals surface area contributed by atoms with Crippen molar-refractivity contribution >= 4 is 17.9 Å². The molecular formula is C4H7ClO3. The molecule has 0 spiro atoms. The average Bonchev–Trinajstić information content (AvgIpc) is 1.83. The van der Waals surface area contributed by atoms with Crippen LogP contribution in [-0.4, -0.2) is 30.2 Å². The topological polar surface area (TPSA) is 46.5 Å². The summed E-state index contributed by atoms with van der Waals surface area (Å²) in [6.45, 7) is -0.00995. The maximum absolute atomic E-state index is 9.67. The Balaban J connectivity index is 2.98. The highest BCUT2D eigenvalue weighted by Gasteiger charge is 1.97. The molecule has 48 valence electrons. The number of aldehydes is 1. The Morgan fingerprint density at radius 2 is 2.50 bits per heavy atom. The number of alkyl halides is 1. The fourth-order valence-electron chi connectivity index (χ4n) is 0.205. The Morgan fingerprint density at radius 1 is 1.88 bits per heavy atom. The molecule has 0 aliphatic rings. The number of ether oxygens (including phenoxy) is 1. The van der Waals surface area contributed by atoms with Crippen molar-refractivity contribution in [3.8, 4) is 0 Å². The smallest absolute Gasteiger partial charge is 0.186 e. The lowest BCUT2D eigenvalue weighted by Gasteiger charge is -1.99. The molecule has 0 bridgehead atoms. The fraction of sp³-hybridized carbons (Fsp3) is 0.750. The van der Waals surface area contributed by atoms with Crippen LogP contribution in [0.3, 0.4) is 0 Å². The van der Waals surface area contributed by atoms with Crippen molar-refractivity contribution < 1.29 is 14.6 Å². The highest BCUT2D eigenvalue weighted by molar-refractivity contribution is 6.26. The summed E-state index contributed by atoms with van der Waals surface area (Å²) in [4.78, 5) is 9.67. The fourth-order valence-corrected chi connectivity index (χ4v) is 0.294. The van der Waals surface area contributed by atoms with E-state index in [1.165, 1.54) is 0 Å². The standard InChI is InChI=1S/C4H7ClO3/c5-4(3-7)8-2-1-6/h3-4,6H,1-2H2. The van der Waals surface area contributed by atoms with Gasteiger partial charge in [0, 0.05) is 0 Å². The third kappa shape index (κ3) is 4.05. The van der Waals surface area contributed by atoms with E-state index in [9.17, 15) is 4.79 Å². The van der Waals surface area contributed by atoms with Gasteiger partial charge in [0.1, 0.15) is 0 Å². The second-order valence-corrected chi connectivity index (χ2v) is 1.51. The predicted octanol–water partition coefficient (Wildman–Crippen LogP) is -0.241. The van der Waals surface area contributed by atoms with E-state index in [4.69, 9.17) is 16.7 Å². The summed E-state index contributed by atoms with van der Waals surface area (Å²) in [6, 6.07) is 0. The van der Waals surface area contributed by atoms with Crippen molar-refractivity contribution in [3.05, 3.63) is 0 Å². The molecule has 0 aliphatic carbocycles. The zero-order valence-corrected chi connectivity index (χ0v) is 4.97. The second-order valence-electron chi connectivity index (χ2n) is 1.08. The molecule has 0 fully saturated rings. The lowest BCUT2D eigenvalue weighted by molar-refractivity contribution is -0.114. The molecule has 0 aliphatic heterocycles. The number of aliphatic hydroxyl groups excluding tert-OH is 1. The summed E-state index contributed by atoms with van der Waals surface area (Å²) in [5.74, 6) is 0. The Labute approximate surface area is 52.2 Å². The van der Waals surface area contributed by atoms with Gasteiger partial charge >= 0.3 is 0 Å². The lowest BCUT2D eigenvalue weighted by Crippen LogP contribution is -2.09. The molecule has 4 heteroatoms. The van der Waals surface area contributed by atoms with Crippen LogP contribution in [0.5, 0.6) is 0 Å². The number of halogens is 1. The third-order valence-corrected chi connectivity index (χ3v) is 0.704. The average molecular weight is 139 g/mol. The van der Waals surface area contributed by atoms with E-state index >= 15 is 0 Å². The molecule has 0 heterocycles. The van der Waals surface area contributed by atoms with Crippen LogP contribution in [0.2, 0.25) is 0 Å². The predicted molar refractivity (Wildman–Crippen MR) is 28.7 cm³/mol. The number of hydrogen-bond acceptors (Lipinski definition) is 3. The first-order valence-corrected chi connectivity index (χ1v) is 2.56. The Bertz CT molecular complexity index is 66.3. The summed E-state index contributed by atoms with van der Waals surface area (Å²) < 4.78 is 4.49. The molecule has 0 aromatic heterocycles. The monoisotopic (exact) mass is 138 g/mol. The molecule has 0 rings (SSSR count). The van der Waals surface area contributed by atoms with Gasteiger partial charge in [0.15, 0.2) is 11.8 Å². The maximum Gasteiger partial charge on any atom is 0.186 e. The summed E-state index contributed by atoms with van der Waals surface area (Å²) in [5, 5.41) is 8.11. The molecule has 0 amide bonds. The van der Waals surface area contributed by atoms with Gasteiger partial charge in [-0.2, -0.15) is 0 Å². The molecule has 0 saturated heterocycles. The number of carbonyl (C=O) groups is 1. The van der Waals surface area contributed by atoms with Crippen LogP contribution < -0.4 is 0 Å². The number of rotatable bonds is 4. The van der Waals surface area contributed by atoms with E-state index in [0.717, 1.165) is 0 Å². The molecular weight excluding hydrogens is 131 g/mol. The minimum Gasteiger partial charge on any atom is -0.394 e. The van der Waals surface area contributed by atoms with Crippen LogP contribution >= 0.6 is 11.6 Å². The van der Waals surface area contributed by atoms with Gasteiger partial charge < -0.3 is 9.84 Å². The normalized spacial score (nSPS) is 13.2. The number of hydrogen-bond donors (Lipinski definition) is 1. The van der Waals surface area contributed by atoms with Crippen LogP contribution in [0, 0.1) is 0 Å².